The molecule has 0 atom stereocenters. The molecule has 0 saturated carbocycles. The Bertz CT molecular complexity index is 446. The van der Waals surface area contributed by atoms with Gasteiger partial charge in [0.2, 0.25) is 0 Å². The quantitative estimate of drug-likeness (QED) is 0.161. The Labute approximate surface area is 179 Å². The molecule has 0 spiro atoms. The minimum absolute atomic E-state index is 1.25. The summed E-state index contributed by atoms with van der Waals surface area (Å²) in [6, 6.07) is 11.0. The molecule has 0 nitrogen and oxygen atoms in total. The van der Waals surface area contributed by atoms with E-state index in [9.17, 15) is 0 Å². The van der Waals surface area contributed by atoms with Crippen LogP contribution in [0.5, 0.6) is 0 Å². The van der Waals surface area contributed by atoms with Crippen molar-refractivity contribution in [3.05, 3.63) is 35.9 Å². The van der Waals surface area contributed by atoms with Crippen molar-refractivity contribution in [2.24, 2.45) is 0 Å². The first kappa shape index (κ1) is 25.2. The van der Waals surface area contributed by atoms with Gasteiger partial charge in [0, 0.05) is 0 Å². The van der Waals surface area contributed by atoms with Crippen LogP contribution < -0.4 is 0 Å². The standard InChI is InChI=1S/C25H46BrP/c1-4-7-21-27(26,22-8-5-2,23-9-6-3)24-17-12-10-11-14-18-25-19-15-13-16-20-25/h13,15-16,19-20H,4-12,14,17-18,21-24H2,1-3H3. The van der Waals surface area contributed by atoms with E-state index in [1.807, 2.05) is 0 Å². The summed E-state index contributed by atoms with van der Waals surface area (Å²) in [4.78, 5) is 0. The summed E-state index contributed by atoms with van der Waals surface area (Å²) in [6.07, 6.45) is 22.6. The molecule has 1 aromatic rings. The van der Waals surface area contributed by atoms with Crippen LogP contribution in [0, 0.1) is 0 Å². The molecule has 0 amide bonds. The molecule has 27 heavy (non-hydrogen) atoms. The third-order valence-corrected chi connectivity index (χ3v) is 16.2. The number of unbranched alkanes of at least 4 members (excludes halogenated alkanes) is 7. The van der Waals surface area contributed by atoms with E-state index in [0.717, 1.165) is 0 Å². The second kappa shape index (κ2) is 14.2. The van der Waals surface area contributed by atoms with E-state index < -0.39 is 5.31 Å². The van der Waals surface area contributed by atoms with Crippen molar-refractivity contribution in [2.45, 2.75) is 97.8 Å². The predicted molar refractivity (Wildman–Crippen MR) is 133 cm³/mol. The summed E-state index contributed by atoms with van der Waals surface area (Å²) < 4.78 is 0. The summed E-state index contributed by atoms with van der Waals surface area (Å²) in [5.41, 5.74) is 1.50. The Morgan fingerprint density at radius 2 is 1.04 bits per heavy atom. The Balaban J connectivity index is 2.42. The zero-order chi connectivity index (χ0) is 19.9. The Kier molecular flexibility index (Phi) is 13.2. The third-order valence-electron chi connectivity index (χ3n) is 6.24. The van der Waals surface area contributed by atoms with Crippen LogP contribution in [0.1, 0.15) is 97.0 Å². The van der Waals surface area contributed by atoms with Gasteiger partial charge in [-0.15, -0.1) is 0 Å². The van der Waals surface area contributed by atoms with Gasteiger partial charge in [-0.25, -0.2) is 0 Å². The van der Waals surface area contributed by atoms with Gasteiger partial charge in [0.25, 0.3) is 0 Å². The van der Waals surface area contributed by atoms with Crippen molar-refractivity contribution in [2.75, 3.05) is 24.6 Å². The molecule has 0 N–H and O–H groups in total. The molecule has 0 saturated heterocycles. The number of halogens is 1. The van der Waals surface area contributed by atoms with Crippen molar-refractivity contribution in [3.8, 4) is 0 Å². The zero-order valence-corrected chi connectivity index (χ0v) is 21.0. The fourth-order valence-corrected chi connectivity index (χ4v) is 13.0. The van der Waals surface area contributed by atoms with E-state index in [-0.39, 0.29) is 0 Å². The zero-order valence-electron chi connectivity index (χ0n) is 18.5. The molecular formula is C25H46BrP. The average molecular weight is 458 g/mol. The van der Waals surface area contributed by atoms with Gasteiger partial charge in [-0.05, 0) is 0 Å². The van der Waals surface area contributed by atoms with E-state index in [1.54, 1.807) is 0 Å². The van der Waals surface area contributed by atoms with Gasteiger partial charge >= 0.3 is 179 Å². The summed E-state index contributed by atoms with van der Waals surface area (Å²) in [6.45, 7) is 7.08. The normalized spacial score (nSPS) is 13.4. The fraction of sp³-hybridized carbons (Fsp3) is 0.760. The maximum atomic E-state index is 4.54. The summed E-state index contributed by atoms with van der Waals surface area (Å²) in [5, 5.41) is -1.65. The molecule has 1 rings (SSSR count). The molecule has 0 fully saturated rings. The van der Waals surface area contributed by atoms with Crippen LogP contribution in [0.25, 0.3) is 0 Å². The van der Waals surface area contributed by atoms with Crippen LogP contribution in [0.3, 0.4) is 0 Å². The fourth-order valence-electron chi connectivity index (χ4n) is 4.34. The van der Waals surface area contributed by atoms with E-state index in [1.165, 1.54) is 107 Å². The van der Waals surface area contributed by atoms with Crippen molar-refractivity contribution < 1.29 is 0 Å². The number of hydrogen-bond acceptors (Lipinski definition) is 0. The van der Waals surface area contributed by atoms with Crippen LogP contribution in [-0.2, 0) is 6.42 Å². The van der Waals surface area contributed by atoms with Gasteiger partial charge in [-0.1, -0.05) is 0 Å². The molecule has 2 heteroatoms. The van der Waals surface area contributed by atoms with Gasteiger partial charge < -0.3 is 0 Å². The van der Waals surface area contributed by atoms with Crippen molar-refractivity contribution >= 4 is 20.8 Å². The van der Waals surface area contributed by atoms with Crippen LogP contribution in [0.4, 0.5) is 0 Å². The molecule has 0 aliphatic heterocycles. The molecule has 0 heterocycles. The second-order valence-corrected chi connectivity index (χ2v) is 20.2. The van der Waals surface area contributed by atoms with Gasteiger partial charge in [0.15, 0.2) is 0 Å². The second-order valence-electron chi connectivity index (χ2n) is 8.78. The van der Waals surface area contributed by atoms with Crippen molar-refractivity contribution in [3.63, 3.8) is 0 Å². The number of rotatable bonds is 17. The number of hydrogen-bond donors (Lipinski definition) is 0. The summed E-state index contributed by atoms with van der Waals surface area (Å²) in [5.74, 6) is 0. The first-order chi connectivity index (χ1) is 13.1. The molecule has 0 aliphatic carbocycles. The Hall–Kier alpha value is 0.130. The Morgan fingerprint density at radius 3 is 1.56 bits per heavy atom. The molecule has 0 aromatic heterocycles. The predicted octanol–water partition coefficient (Wildman–Crippen LogP) is 9.44. The molecule has 0 unspecified atom stereocenters. The van der Waals surface area contributed by atoms with Crippen LogP contribution in [-0.4, -0.2) is 24.6 Å². The molecule has 0 aliphatic rings. The van der Waals surface area contributed by atoms with E-state index in [4.69, 9.17) is 0 Å². The molecular weight excluding hydrogens is 411 g/mol. The Morgan fingerprint density at radius 1 is 0.593 bits per heavy atom. The molecule has 0 bridgehead atoms. The average Bonchev–Trinajstić information content (AvgIpc) is 2.70. The van der Waals surface area contributed by atoms with Crippen molar-refractivity contribution in [1.29, 1.82) is 0 Å². The van der Waals surface area contributed by atoms with E-state index in [2.05, 4.69) is 66.6 Å². The molecule has 1 aromatic carbocycles. The SMILES string of the molecule is CCCCP(Br)(CCCC)(CCCC)CCCCCCCc1ccccc1. The van der Waals surface area contributed by atoms with Gasteiger partial charge in [-0.3, -0.25) is 0 Å². The minimum atomic E-state index is -1.65. The van der Waals surface area contributed by atoms with Crippen molar-refractivity contribution in [1.82, 2.24) is 0 Å². The van der Waals surface area contributed by atoms with Crippen LogP contribution >= 0.6 is 20.8 Å². The molecule has 158 valence electrons. The van der Waals surface area contributed by atoms with Gasteiger partial charge in [0.05, 0.1) is 0 Å². The van der Waals surface area contributed by atoms with Crippen LogP contribution in [0.15, 0.2) is 30.3 Å². The number of aryl methyl sites for hydroxylation is 1. The summed E-state index contributed by atoms with van der Waals surface area (Å²) in [7, 11) is 0. The van der Waals surface area contributed by atoms with Gasteiger partial charge in [0.1, 0.15) is 0 Å². The van der Waals surface area contributed by atoms with Gasteiger partial charge in [-0.2, -0.15) is 0 Å². The topological polar surface area (TPSA) is 0 Å². The number of benzene rings is 1. The molecule has 0 radical (unpaired) electrons. The third kappa shape index (κ3) is 10.5. The van der Waals surface area contributed by atoms with E-state index >= 15 is 0 Å². The monoisotopic (exact) mass is 456 g/mol. The maximum absolute atomic E-state index is 4.54. The summed E-state index contributed by atoms with van der Waals surface area (Å²) >= 11 is 4.54. The first-order valence-corrected chi connectivity index (χ1v) is 16.8. The van der Waals surface area contributed by atoms with E-state index in [0.29, 0.717) is 0 Å². The van der Waals surface area contributed by atoms with Crippen LogP contribution in [0.2, 0.25) is 0 Å². The first-order valence-electron chi connectivity index (χ1n) is 11.8.